The van der Waals surface area contributed by atoms with E-state index in [1.54, 1.807) is 18.2 Å². The Morgan fingerprint density at radius 3 is 2.71 bits per heavy atom. The molecule has 0 amide bonds. The van der Waals surface area contributed by atoms with Gasteiger partial charge in [-0.15, -0.1) is 11.3 Å². The molecular weight excluding hydrogens is 344 g/mol. The summed E-state index contributed by atoms with van der Waals surface area (Å²) in [7, 11) is -3.49. The van der Waals surface area contributed by atoms with E-state index in [9.17, 15) is 8.42 Å². The Morgan fingerprint density at radius 1 is 1.17 bits per heavy atom. The third kappa shape index (κ3) is 3.12. The number of nitrogens with zero attached hydrogens (tertiary/aromatic N) is 3. The van der Waals surface area contributed by atoms with Crippen molar-refractivity contribution in [3.05, 3.63) is 42.0 Å². The third-order valence-corrected chi connectivity index (χ3v) is 6.57. The average molecular weight is 362 g/mol. The maximum absolute atomic E-state index is 12.6. The molecule has 2 heterocycles. The lowest BCUT2D eigenvalue weighted by Gasteiger charge is -2.19. The summed E-state index contributed by atoms with van der Waals surface area (Å²) in [4.78, 5) is 9.63. The second kappa shape index (κ2) is 6.84. The molecule has 3 aromatic rings. The van der Waals surface area contributed by atoms with Crippen LogP contribution in [0.15, 0.2) is 46.9 Å². The van der Waals surface area contributed by atoms with Crippen LogP contribution in [0.25, 0.3) is 10.2 Å². The first-order valence-corrected chi connectivity index (χ1v) is 9.93. The molecule has 126 valence electrons. The number of benzene rings is 1. The number of rotatable bonds is 6. The van der Waals surface area contributed by atoms with Crippen LogP contribution in [0.2, 0.25) is 0 Å². The monoisotopic (exact) mass is 362 g/mol. The molecule has 6 nitrogen and oxygen atoms in total. The van der Waals surface area contributed by atoms with Gasteiger partial charge in [0.05, 0.1) is 10.3 Å². The van der Waals surface area contributed by atoms with Crippen molar-refractivity contribution in [1.82, 2.24) is 14.3 Å². The van der Waals surface area contributed by atoms with Crippen molar-refractivity contribution in [3.8, 4) is 0 Å². The standard InChI is InChI=1S/C16H18N4O2S2/c1-3-20(4-2)24(21,22)13-7-5-6-12(10-13)19-15-14-8-9-23-16(14)18-11-17-15/h5-11H,3-4H2,1-2H3,(H,17,18,19). The van der Waals surface area contributed by atoms with Crippen molar-refractivity contribution in [2.75, 3.05) is 18.4 Å². The first kappa shape index (κ1) is 16.8. The Labute approximate surface area is 145 Å². The molecule has 0 spiro atoms. The fourth-order valence-electron chi connectivity index (χ4n) is 2.47. The largest absolute Gasteiger partial charge is 0.340 e. The van der Waals surface area contributed by atoms with Gasteiger partial charge in [-0.25, -0.2) is 18.4 Å². The second-order valence-electron chi connectivity index (χ2n) is 5.10. The van der Waals surface area contributed by atoms with Crippen molar-refractivity contribution < 1.29 is 8.42 Å². The lowest BCUT2D eigenvalue weighted by molar-refractivity contribution is 0.445. The molecule has 8 heteroatoms. The molecule has 0 unspecified atom stereocenters. The van der Waals surface area contributed by atoms with Crippen molar-refractivity contribution in [1.29, 1.82) is 0 Å². The highest BCUT2D eigenvalue weighted by Gasteiger charge is 2.21. The Kier molecular flexibility index (Phi) is 4.79. The Morgan fingerprint density at radius 2 is 1.96 bits per heavy atom. The fraction of sp³-hybridized carbons (Fsp3) is 0.250. The summed E-state index contributed by atoms with van der Waals surface area (Å²) in [6.07, 6.45) is 1.50. The molecule has 1 aromatic carbocycles. The Hall–Kier alpha value is -2.03. The molecule has 0 aliphatic carbocycles. The summed E-state index contributed by atoms with van der Waals surface area (Å²) in [5.41, 5.74) is 0.675. The summed E-state index contributed by atoms with van der Waals surface area (Å²) in [5, 5.41) is 6.06. The maximum Gasteiger partial charge on any atom is 0.243 e. The molecular formula is C16H18N4O2S2. The molecule has 0 bridgehead atoms. The van der Waals surface area contributed by atoms with E-state index < -0.39 is 10.0 Å². The predicted molar refractivity (Wildman–Crippen MR) is 97.2 cm³/mol. The van der Waals surface area contributed by atoms with Gasteiger partial charge in [0.15, 0.2) is 0 Å². The first-order chi connectivity index (χ1) is 11.6. The van der Waals surface area contributed by atoms with E-state index in [0.29, 0.717) is 24.6 Å². The molecule has 3 rings (SSSR count). The van der Waals surface area contributed by atoms with Crippen LogP contribution in [-0.2, 0) is 10.0 Å². The maximum atomic E-state index is 12.6. The number of hydrogen-bond acceptors (Lipinski definition) is 6. The van der Waals surface area contributed by atoms with E-state index in [1.165, 1.54) is 22.0 Å². The van der Waals surface area contributed by atoms with Crippen LogP contribution in [0.5, 0.6) is 0 Å². The van der Waals surface area contributed by atoms with Crippen LogP contribution in [0.3, 0.4) is 0 Å². The predicted octanol–water partition coefficient (Wildman–Crippen LogP) is 3.47. The summed E-state index contributed by atoms with van der Waals surface area (Å²) < 4.78 is 26.7. The lowest BCUT2D eigenvalue weighted by atomic mass is 10.3. The molecule has 0 saturated heterocycles. The molecule has 24 heavy (non-hydrogen) atoms. The Bertz CT molecular complexity index is 949. The fourth-order valence-corrected chi connectivity index (χ4v) is 4.71. The van der Waals surface area contributed by atoms with Gasteiger partial charge >= 0.3 is 0 Å². The summed E-state index contributed by atoms with van der Waals surface area (Å²) >= 11 is 1.54. The van der Waals surface area contributed by atoms with Gasteiger partial charge in [-0.3, -0.25) is 0 Å². The van der Waals surface area contributed by atoms with Gasteiger partial charge in [-0.1, -0.05) is 19.9 Å². The number of anilines is 2. The molecule has 0 radical (unpaired) electrons. The molecule has 0 aliphatic heterocycles. The smallest absolute Gasteiger partial charge is 0.243 e. The van der Waals surface area contributed by atoms with E-state index in [0.717, 1.165) is 10.2 Å². The number of hydrogen-bond donors (Lipinski definition) is 1. The lowest BCUT2D eigenvalue weighted by Crippen LogP contribution is -2.30. The molecule has 0 aliphatic rings. The van der Waals surface area contributed by atoms with Crippen LogP contribution in [-0.4, -0.2) is 35.8 Å². The normalized spacial score (nSPS) is 12.0. The zero-order chi connectivity index (χ0) is 17.2. The Balaban J connectivity index is 1.95. The average Bonchev–Trinajstić information content (AvgIpc) is 3.06. The minimum absolute atomic E-state index is 0.270. The number of nitrogens with one attached hydrogen (secondary N) is 1. The minimum Gasteiger partial charge on any atom is -0.340 e. The number of thiophene rings is 1. The molecule has 1 N–H and O–H groups in total. The van der Waals surface area contributed by atoms with Crippen LogP contribution in [0.4, 0.5) is 11.5 Å². The summed E-state index contributed by atoms with van der Waals surface area (Å²) in [6, 6.07) is 8.73. The summed E-state index contributed by atoms with van der Waals surface area (Å²) in [6.45, 7) is 4.55. The van der Waals surface area contributed by atoms with Gasteiger partial charge in [0.2, 0.25) is 10.0 Å². The molecule has 0 atom stereocenters. The van der Waals surface area contributed by atoms with Gasteiger partial charge in [0.1, 0.15) is 17.0 Å². The van der Waals surface area contributed by atoms with E-state index >= 15 is 0 Å². The zero-order valence-corrected chi connectivity index (χ0v) is 15.1. The van der Waals surface area contributed by atoms with Crippen molar-refractivity contribution >= 4 is 43.1 Å². The molecule has 0 fully saturated rings. The van der Waals surface area contributed by atoms with E-state index in [2.05, 4.69) is 15.3 Å². The zero-order valence-electron chi connectivity index (χ0n) is 13.4. The van der Waals surface area contributed by atoms with Gasteiger partial charge in [-0.2, -0.15) is 4.31 Å². The van der Waals surface area contributed by atoms with Crippen LogP contribution >= 0.6 is 11.3 Å². The summed E-state index contributed by atoms with van der Waals surface area (Å²) in [5.74, 6) is 0.665. The third-order valence-electron chi connectivity index (χ3n) is 3.70. The SMILES string of the molecule is CCN(CC)S(=O)(=O)c1cccc(Nc2ncnc3sccc23)c1. The second-order valence-corrected chi connectivity index (χ2v) is 7.94. The van der Waals surface area contributed by atoms with E-state index in [1.807, 2.05) is 31.4 Å². The highest BCUT2D eigenvalue weighted by Crippen LogP contribution is 2.27. The topological polar surface area (TPSA) is 75.2 Å². The number of aromatic nitrogens is 2. The van der Waals surface area contributed by atoms with E-state index in [4.69, 9.17) is 0 Å². The minimum atomic E-state index is -3.49. The van der Waals surface area contributed by atoms with Gasteiger partial charge in [0.25, 0.3) is 0 Å². The highest BCUT2D eigenvalue weighted by molar-refractivity contribution is 7.89. The van der Waals surface area contributed by atoms with Crippen molar-refractivity contribution in [2.24, 2.45) is 0 Å². The van der Waals surface area contributed by atoms with Gasteiger partial charge in [0, 0.05) is 18.8 Å². The van der Waals surface area contributed by atoms with Gasteiger partial charge in [-0.05, 0) is 29.6 Å². The highest BCUT2D eigenvalue weighted by atomic mass is 32.2. The van der Waals surface area contributed by atoms with E-state index in [-0.39, 0.29) is 4.90 Å². The van der Waals surface area contributed by atoms with Crippen molar-refractivity contribution in [2.45, 2.75) is 18.7 Å². The van der Waals surface area contributed by atoms with Crippen LogP contribution < -0.4 is 5.32 Å². The molecule has 0 saturated carbocycles. The first-order valence-electron chi connectivity index (χ1n) is 7.61. The van der Waals surface area contributed by atoms with Crippen LogP contribution in [0.1, 0.15) is 13.8 Å². The molecule has 2 aromatic heterocycles. The van der Waals surface area contributed by atoms with Gasteiger partial charge < -0.3 is 5.32 Å². The quantitative estimate of drug-likeness (QED) is 0.727. The number of sulfonamides is 1. The van der Waals surface area contributed by atoms with Crippen LogP contribution in [0, 0.1) is 0 Å². The van der Waals surface area contributed by atoms with Crippen molar-refractivity contribution in [3.63, 3.8) is 0 Å². The number of fused-ring (bicyclic) bond motifs is 1.